The smallest absolute Gasteiger partial charge is 0.321 e. The normalized spacial score (nSPS) is 13.5. The van der Waals surface area contributed by atoms with Gasteiger partial charge in [0.2, 0.25) is 5.91 Å². The van der Waals surface area contributed by atoms with E-state index in [-0.39, 0.29) is 17.7 Å². The van der Waals surface area contributed by atoms with Crippen molar-refractivity contribution in [2.24, 2.45) is 0 Å². The van der Waals surface area contributed by atoms with Gasteiger partial charge in [0.1, 0.15) is 10.5 Å². The Bertz CT molecular complexity index is 311. The van der Waals surface area contributed by atoms with E-state index in [1.54, 1.807) is 0 Å². The monoisotopic (exact) mass is 263 g/mol. The van der Waals surface area contributed by atoms with E-state index in [4.69, 9.17) is 5.11 Å². The van der Waals surface area contributed by atoms with E-state index in [9.17, 15) is 13.8 Å². The molecule has 0 aliphatic rings. The summed E-state index contributed by atoms with van der Waals surface area (Å²) in [4.78, 5) is 22.4. The maximum absolute atomic E-state index is 11.7. The van der Waals surface area contributed by atoms with Crippen molar-refractivity contribution in [3.8, 4) is 0 Å². The van der Waals surface area contributed by atoms with Crippen molar-refractivity contribution in [1.29, 1.82) is 0 Å². The average molecular weight is 263 g/mol. The van der Waals surface area contributed by atoms with E-state index in [0.29, 0.717) is 0 Å². The highest BCUT2D eigenvalue weighted by Crippen LogP contribution is 2.13. The highest BCUT2D eigenvalue weighted by atomic mass is 32.2. The van der Waals surface area contributed by atoms with Gasteiger partial charge in [-0.1, -0.05) is 13.8 Å². The number of carbonyl (C=O) groups excluding carboxylic acids is 1. The summed E-state index contributed by atoms with van der Waals surface area (Å²) in [7, 11) is -1.72. The number of amides is 1. The van der Waals surface area contributed by atoms with Crippen molar-refractivity contribution in [2.75, 3.05) is 5.75 Å². The predicted octanol–water partition coefficient (Wildman–Crippen LogP) is 0.903. The van der Waals surface area contributed by atoms with E-state index in [1.807, 2.05) is 13.8 Å². The second-order valence-electron chi connectivity index (χ2n) is 4.39. The summed E-state index contributed by atoms with van der Waals surface area (Å²) in [6, 6.07) is 0.0624. The molecule has 0 aliphatic heterocycles. The van der Waals surface area contributed by atoms with Crippen molar-refractivity contribution in [3.05, 3.63) is 0 Å². The Hall–Kier alpha value is -0.910. The Morgan fingerprint density at radius 3 is 2.12 bits per heavy atom. The van der Waals surface area contributed by atoms with E-state index in [1.165, 1.54) is 13.8 Å². The zero-order chi connectivity index (χ0) is 13.6. The van der Waals surface area contributed by atoms with Crippen molar-refractivity contribution in [2.45, 2.75) is 51.3 Å². The third kappa shape index (κ3) is 4.85. The Balaban J connectivity index is 4.40. The van der Waals surface area contributed by atoms with Gasteiger partial charge in [-0.05, 0) is 26.7 Å². The van der Waals surface area contributed by atoms with Crippen molar-refractivity contribution in [3.63, 3.8) is 0 Å². The van der Waals surface area contributed by atoms with Gasteiger partial charge in [-0.3, -0.25) is 13.8 Å². The Kier molecular flexibility index (Phi) is 6.37. The highest BCUT2D eigenvalue weighted by Gasteiger charge is 2.35. The molecule has 0 rings (SSSR count). The summed E-state index contributed by atoms with van der Waals surface area (Å²) in [5.41, 5.74) is 0. The van der Waals surface area contributed by atoms with Crippen molar-refractivity contribution < 1.29 is 18.9 Å². The summed E-state index contributed by atoms with van der Waals surface area (Å²) in [5.74, 6) is -1.78. The molecule has 1 amide bonds. The molecule has 0 aromatic carbocycles. The minimum absolute atomic E-state index is 0.0624. The molecule has 0 bridgehead atoms. The van der Waals surface area contributed by atoms with E-state index < -0.39 is 21.5 Å². The van der Waals surface area contributed by atoms with Crippen molar-refractivity contribution in [1.82, 2.24) is 5.32 Å². The number of aliphatic carboxylic acids is 1. The molecule has 6 heteroatoms. The van der Waals surface area contributed by atoms with Crippen molar-refractivity contribution >= 4 is 22.7 Å². The summed E-state index contributed by atoms with van der Waals surface area (Å²) < 4.78 is 10.3. The molecule has 0 aliphatic carbocycles. The second-order valence-corrected chi connectivity index (χ2v) is 6.39. The fourth-order valence-corrected chi connectivity index (χ4v) is 2.04. The lowest BCUT2D eigenvalue weighted by Crippen LogP contribution is -2.43. The Morgan fingerprint density at radius 1 is 1.29 bits per heavy atom. The van der Waals surface area contributed by atoms with Gasteiger partial charge in [0.25, 0.3) is 0 Å². The maximum atomic E-state index is 11.7. The molecule has 0 aromatic rings. The van der Waals surface area contributed by atoms with Gasteiger partial charge < -0.3 is 10.4 Å². The van der Waals surface area contributed by atoms with Gasteiger partial charge in [-0.15, -0.1) is 0 Å². The number of hydrogen-bond acceptors (Lipinski definition) is 3. The fraction of sp³-hybridized carbons (Fsp3) is 0.818. The van der Waals surface area contributed by atoms with E-state index in [2.05, 4.69) is 5.32 Å². The third-order valence-electron chi connectivity index (χ3n) is 2.70. The minimum atomic E-state index is -1.72. The zero-order valence-electron chi connectivity index (χ0n) is 10.8. The van der Waals surface area contributed by atoms with Gasteiger partial charge in [0.05, 0.1) is 0 Å². The first-order chi connectivity index (χ1) is 7.75. The lowest BCUT2D eigenvalue weighted by molar-refractivity contribution is -0.139. The molecule has 5 nitrogen and oxygen atoms in total. The summed E-state index contributed by atoms with van der Waals surface area (Å²) in [6.07, 6.45) is 1.61. The standard InChI is InChI=1S/C11H21NO4S/c1-5-8(6-2)12-9(13)7-17(16)11(3,4)10(14)15/h8H,5-7H2,1-4H3,(H,12,13)(H,14,15). The first-order valence-corrected chi connectivity index (χ1v) is 6.98. The second kappa shape index (κ2) is 6.74. The predicted molar refractivity (Wildman–Crippen MR) is 67.2 cm³/mol. The average Bonchev–Trinajstić information content (AvgIpc) is 2.25. The molecular weight excluding hydrogens is 242 g/mol. The van der Waals surface area contributed by atoms with Crippen LogP contribution >= 0.6 is 0 Å². The lowest BCUT2D eigenvalue weighted by atomic mass is 10.2. The molecule has 1 atom stereocenters. The van der Waals surface area contributed by atoms with Crippen LogP contribution in [-0.2, 0) is 20.4 Å². The summed E-state index contributed by atoms with van der Waals surface area (Å²) in [5, 5.41) is 11.6. The summed E-state index contributed by atoms with van der Waals surface area (Å²) in [6.45, 7) is 6.62. The van der Waals surface area contributed by atoms with Crippen LogP contribution in [0.2, 0.25) is 0 Å². The zero-order valence-corrected chi connectivity index (χ0v) is 11.6. The van der Waals surface area contributed by atoms with Crippen LogP contribution in [0.1, 0.15) is 40.5 Å². The molecule has 2 N–H and O–H groups in total. The topological polar surface area (TPSA) is 83.5 Å². The molecule has 100 valence electrons. The molecule has 17 heavy (non-hydrogen) atoms. The quantitative estimate of drug-likeness (QED) is 0.715. The van der Waals surface area contributed by atoms with Crippen LogP contribution < -0.4 is 5.32 Å². The fourth-order valence-electron chi connectivity index (χ4n) is 1.16. The van der Waals surface area contributed by atoms with Crippen LogP contribution in [0.3, 0.4) is 0 Å². The number of nitrogens with one attached hydrogen (secondary N) is 1. The first-order valence-electron chi connectivity index (χ1n) is 5.66. The first kappa shape index (κ1) is 16.1. The Labute approximate surface area is 104 Å². The molecule has 0 fully saturated rings. The molecule has 1 unspecified atom stereocenters. The van der Waals surface area contributed by atoms with Gasteiger partial charge in [-0.25, -0.2) is 0 Å². The van der Waals surface area contributed by atoms with Crippen LogP contribution in [0.25, 0.3) is 0 Å². The number of carboxylic acid groups (broad SMARTS) is 1. The molecule has 0 radical (unpaired) electrons. The molecule has 0 saturated heterocycles. The van der Waals surface area contributed by atoms with Crippen LogP contribution in [0.5, 0.6) is 0 Å². The number of carboxylic acids is 1. The van der Waals surface area contributed by atoms with Crippen LogP contribution in [0, 0.1) is 0 Å². The van der Waals surface area contributed by atoms with E-state index >= 15 is 0 Å². The molecule has 0 saturated carbocycles. The number of rotatable bonds is 7. The van der Waals surface area contributed by atoms with Crippen LogP contribution in [-0.4, -0.2) is 37.7 Å². The molecule has 0 spiro atoms. The molecule has 0 heterocycles. The van der Waals surface area contributed by atoms with E-state index in [0.717, 1.165) is 12.8 Å². The van der Waals surface area contributed by atoms with Crippen LogP contribution in [0.4, 0.5) is 0 Å². The van der Waals surface area contributed by atoms with Gasteiger partial charge in [0, 0.05) is 16.8 Å². The SMILES string of the molecule is CCC(CC)NC(=O)CS(=O)C(C)(C)C(=O)O. The summed E-state index contributed by atoms with van der Waals surface area (Å²) >= 11 is 0. The maximum Gasteiger partial charge on any atom is 0.321 e. The molecule has 0 aromatic heterocycles. The van der Waals surface area contributed by atoms with Gasteiger partial charge >= 0.3 is 5.97 Å². The lowest BCUT2D eigenvalue weighted by Gasteiger charge is -2.19. The molecular formula is C11H21NO4S. The van der Waals surface area contributed by atoms with Gasteiger partial charge in [-0.2, -0.15) is 0 Å². The van der Waals surface area contributed by atoms with Gasteiger partial charge in [0.15, 0.2) is 0 Å². The largest absolute Gasteiger partial charge is 0.480 e. The Morgan fingerprint density at radius 2 is 1.76 bits per heavy atom. The third-order valence-corrected chi connectivity index (χ3v) is 4.53. The number of hydrogen-bond donors (Lipinski definition) is 2. The minimum Gasteiger partial charge on any atom is -0.480 e. The highest BCUT2D eigenvalue weighted by molar-refractivity contribution is 7.87. The van der Waals surface area contributed by atoms with Crippen LogP contribution in [0.15, 0.2) is 0 Å². The number of carbonyl (C=O) groups is 2.